The molecule has 0 bridgehead atoms. The molecule has 1 atom stereocenters. The van der Waals surface area contributed by atoms with E-state index in [1.807, 2.05) is 0 Å². The molecule has 4 N–H and O–H groups in total. The first kappa shape index (κ1) is 18.6. The SMILES string of the molecule is Cc1c(F)c(F)cc2c(=O)c(C(=O)O)cn(-c3ccc(C(N)(O)F)cc3)c12. The Labute approximate surface area is 149 Å². The summed E-state index contributed by atoms with van der Waals surface area (Å²) in [6.07, 6.45) is 0.969. The van der Waals surface area contributed by atoms with E-state index in [1.54, 1.807) is 0 Å². The molecule has 0 amide bonds. The zero-order valence-corrected chi connectivity index (χ0v) is 13.8. The van der Waals surface area contributed by atoms with Gasteiger partial charge in [0.2, 0.25) is 5.43 Å². The molecular formula is C18H13F3N2O4. The van der Waals surface area contributed by atoms with Gasteiger partial charge in [-0.15, -0.1) is 0 Å². The number of aryl methyl sites for hydroxylation is 1. The summed E-state index contributed by atoms with van der Waals surface area (Å²) in [6.45, 7) is 1.24. The molecule has 1 unspecified atom stereocenters. The van der Waals surface area contributed by atoms with Gasteiger partial charge in [0.25, 0.3) is 5.98 Å². The molecule has 0 aliphatic rings. The van der Waals surface area contributed by atoms with E-state index in [4.69, 9.17) is 5.73 Å². The Morgan fingerprint density at radius 1 is 1.22 bits per heavy atom. The van der Waals surface area contributed by atoms with Crippen LogP contribution in [-0.4, -0.2) is 20.7 Å². The van der Waals surface area contributed by atoms with Crippen LogP contribution in [0.1, 0.15) is 21.5 Å². The van der Waals surface area contributed by atoms with E-state index in [-0.39, 0.29) is 27.7 Å². The second-order valence-corrected chi connectivity index (χ2v) is 5.96. The molecule has 3 rings (SSSR count). The molecule has 0 aliphatic heterocycles. The molecule has 0 spiro atoms. The molecule has 1 aromatic heterocycles. The zero-order valence-electron chi connectivity index (χ0n) is 13.8. The van der Waals surface area contributed by atoms with Gasteiger partial charge in [-0.05, 0) is 37.3 Å². The van der Waals surface area contributed by atoms with Crippen molar-refractivity contribution in [1.29, 1.82) is 0 Å². The number of nitrogens with zero attached hydrogens (tertiary/aromatic N) is 1. The van der Waals surface area contributed by atoms with Gasteiger partial charge in [0, 0.05) is 23.0 Å². The molecule has 0 saturated heterocycles. The normalized spacial score (nSPS) is 13.6. The molecule has 0 radical (unpaired) electrons. The number of nitrogens with two attached hydrogens (primary N) is 1. The van der Waals surface area contributed by atoms with Crippen molar-refractivity contribution < 1.29 is 28.2 Å². The van der Waals surface area contributed by atoms with E-state index < -0.39 is 34.6 Å². The maximum absolute atomic E-state index is 14.1. The number of aliphatic hydroxyl groups is 1. The Morgan fingerprint density at radius 2 is 1.81 bits per heavy atom. The molecular weight excluding hydrogens is 365 g/mol. The minimum absolute atomic E-state index is 0.0418. The van der Waals surface area contributed by atoms with E-state index in [2.05, 4.69) is 0 Å². The summed E-state index contributed by atoms with van der Waals surface area (Å²) < 4.78 is 42.4. The molecule has 1 heterocycles. The summed E-state index contributed by atoms with van der Waals surface area (Å²) in [7, 11) is 0. The van der Waals surface area contributed by atoms with E-state index in [9.17, 15) is 33.0 Å². The fraction of sp³-hybridized carbons (Fsp3) is 0.111. The molecule has 6 nitrogen and oxygen atoms in total. The van der Waals surface area contributed by atoms with Gasteiger partial charge in [0.1, 0.15) is 5.56 Å². The van der Waals surface area contributed by atoms with Crippen molar-refractivity contribution in [2.45, 2.75) is 12.9 Å². The summed E-state index contributed by atoms with van der Waals surface area (Å²) in [4.78, 5) is 23.8. The number of hydrogen-bond donors (Lipinski definition) is 3. The predicted molar refractivity (Wildman–Crippen MR) is 90.3 cm³/mol. The van der Waals surface area contributed by atoms with Crippen LogP contribution in [0.15, 0.2) is 41.3 Å². The Balaban J connectivity index is 2.41. The van der Waals surface area contributed by atoms with E-state index in [0.717, 1.165) is 18.3 Å². The molecule has 0 fully saturated rings. The minimum atomic E-state index is -3.08. The van der Waals surface area contributed by atoms with Gasteiger partial charge in [0.15, 0.2) is 11.6 Å². The van der Waals surface area contributed by atoms with Crippen molar-refractivity contribution in [2.75, 3.05) is 0 Å². The van der Waals surface area contributed by atoms with Crippen LogP contribution in [0, 0.1) is 18.6 Å². The van der Waals surface area contributed by atoms with Crippen LogP contribution in [0.4, 0.5) is 13.2 Å². The number of carboxylic acids is 1. The summed E-state index contributed by atoms with van der Waals surface area (Å²) >= 11 is 0. The third-order valence-electron chi connectivity index (χ3n) is 4.19. The highest BCUT2D eigenvalue weighted by Gasteiger charge is 2.23. The smallest absolute Gasteiger partial charge is 0.341 e. The number of pyridine rings is 1. The van der Waals surface area contributed by atoms with Crippen LogP contribution in [0.5, 0.6) is 0 Å². The molecule has 0 aliphatic carbocycles. The largest absolute Gasteiger partial charge is 0.477 e. The van der Waals surface area contributed by atoms with Crippen LogP contribution in [0.2, 0.25) is 0 Å². The Bertz CT molecular complexity index is 1130. The lowest BCUT2D eigenvalue weighted by molar-refractivity contribution is -0.0892. The van der Waals surface area contributed by atoms with Gasteiger partial charge in [-0.2, -0.15) is 4.39 Å². The molecule has 0 saturated carbocycles. The quantitative estimate of drug-likeness (QED) is 0.479. The highest BCUT2D eigenvalue weighted by Crippen LogP contribution is 2.26. The monoisotopic (exact) mass is 378 g/mol. The van der Waals surface area contributed by atoms with Crippen LogP contribution >= 0.6 is 0 Å². The summed E-state index contributed by atoms with van der Waals surface area (Å²) in [5.74, 6) is -7.10. The number of carboxylic acid groups (broad SMARTS) is 1. The van der Waals surface area contributed by atoms with Gasteiger partial charge in [-0.25, -0.2) is 13.6 Å². The number of aromatic nitrogens is 1. The Kier molecular flexibility index (Phi) is 4.29. The number of hydrogen-bond acceptors (Lipinski definition) is 4. The second kappa shape index (κ2) is 6.22. The predicted octanol–water partition coefficient (Wildman–Crippen LogP) is 2.31. The van der Waals surface area contributed by atoms with Crippen molar-refractivity contribution >= 4 is 16.9 Å². The molecule has 9 heteroatoms. The second-order valence-electron chi connectivity index (χ2n) is 5.96. The average molecular weight is 378 g/mol. The van der Waals surface area contributed by atoms with E-state index in [0.29, 0.717) is 6.07 Å². The van der Waals surface area contributed by atoms with Crippen molar-refractivity contribution in [2.24, 2.45) is 5.73 Å². The summed E-state index contributed by atoms with van der Waals surface area (Å²) in [6, 6.07) is 5.47. The number of alkyl halides is 1. The fourth-order valence-electron chi connectivity index (χ4n) is 2.84. The van der Waals surface area contributed by atoms with Crippen LogP contribution in [0.25, 0.3) is 16.6 Å². The van der Waals surface area contributed by atoms with Crippen molar-refractivity contribution in [3.63, 3.8) is 0 Å². The summed E-state index contributed by atoms with van der Waals surface area (Å²) in [5, 5.41) is 18.1. The first-order valence-corrected chi connectivity index (χ1v) is 7.60. The molecule has 27 heavy (non-hydrogen) atoms. The highest BCUT2D eigenvalue weighted by molar-refractivity contribution is 5.94. The lowest BCUT2D eigenvalue weighted by atomic mass is 10.1. The zero-order chi connectivity index (χ0) is 20.1. The number of aromatic carboxylic acids is 1. The van der Waals surface area contributed by atoms with E-state index >= 15 is 0 Å². The fourth-order valence-corrected chi connectivity index (χ4v) is 2.84. The van der Waals surface area contributed by atoms with Crippen molar-refractivity contribution in [3.8, 4) is 5.69 Å². The number of benzene rings is 2. The summed E-state index contributed by atoms with van der Waals surface area (Å²) in [5.41, 5.74) is 3.02. The standard InChI is InChI=1S/C18H13F3N2O4/c1-8-14(20)13(19)6-11-15(8)23(7-12(16(11)24)17(25)26)10-4-2-9(3-5-10)18(21,22)27/h2-7,27H,22H2,1H3,(H,25,26). The lowest BCUT2D eigenvalue weighted by Gasteiger charge is -2.17. The first-order valence-electron chi connectivity index (χ1n) is 7.60. The first-order chi connectivity index (χ1) is 12.5. The van der Waals surface area contributed by atoms with Gasteiger partial charge >= 0.3 is 5.97 Å². The molecule has 140 valence electrons. The Hall–Kier alpha value is -3.17. The molecule has 2 aromatic carbocycles. The highest BCUT2D eigenvalue weighted by atomic mass is 19.2. The molecule has 3 aromatic rings. The van der Waals surface area contributed by atoms with Gasteiger partial charge in [0.05, 0.1) is 10.9 Å². The number of rotatable bonds is 3. The number of fused-ring (bicyclic) bond motifs is 1. The number of halogens is 3. The minimum Gasteiger partial charge on any atom is -0.477 e. The third-order valence-corrected chi connectivity index (χ3v) is 4.19. The maximum atomic E-state index is 14.1. The van der Waals surface area contributed by atoms with Crippen LogP contribution < -0.4 is 11.2 Å². The lowest BCUT2D eigenvalue weighted by Crippen LogP contribution is -2.30. The van der Waals surface area contributed by atoms with Crippen molar-refractivity contribution in [1.82, 2.24) is 4.57 Å². The Morgan fingerprint density at radius 3 is 2.33 bits per heavy atom. The van der Waals surface area contributed by atoms with Crippen molar-refractivity contribution in [3.05, 3.63) is 75.1 Å². The topological polar surface area (TPSA) is 106 Å². The number of carbonyl (C=O) groups is 1. The van der Waals surface area contributed by atoms with Crippen LogP contribution in [-0.2, 0) is 5.98 Å². The van der Waals surface area contributed by atoms with Gasteiger partial charge < -0.3 is 14.8 Å². The average Bonchev–Trinajstić information content (AvgIpc) is 2.59. The maximum Gasteiger partial charge on any atom is 0.341 e. The van der Waals surface area contributed by atoms with Gasteiger partial charge in [-0.1, -0.05) is 0 Å². The van der Waals surface area contributed by atoms with E-state index in [1.165, 1.54) is 23.6 Å². The third kappa shape index (κ3) is 3.07. The van der Waals surface area contributed by atoms with Gasteiger partial charge in [-0.3, -0.25) is 10.5 Å². The van der Waals surface area contributed by atoms with Crippen LogP contribution in [0.3, 0.4) is 0 Å².